The van der Waals surface area contributed by atoms with E-state index in [0.29, 0.717) is 12.3 Å². The van der Waals surface area contributed by atoms with Gasteiger partial charge in [-0.15, -0.1) is 0 Å². The Morgan fingerprint density at radius 3 is 2.94 bits per heavy atom. The lowest BCUT2D eigenvalue weighted by atomic mass is 10.1. The Morgan fingerprint density at radius 2 is 2.25 bits per heavy atom. The number of nitrogens with zero attached hydrogens (tertiary/aromatic N) is 1. The first kappa shape index (κ1) is 11.5. The van der Waals surface area contributed by atoms with Crippen LogP contribution in [0.4, 0.5) is 5.69 Å². The zero-order chi connectivity index (χ0) is 11.7. The maximum absolute atomic E-state index is 12.0. The highest BCUT2D eigenvalue weighted by molar-refractivity contribution is 6.30. The summed E-state index contributed by atoms with van der Waals surface area (Å²) in [5, 5.41) is 0.747. The van der Waals surface area contributed by atoms with Crippen LogP contribution in [-0.4, -0.2) is 12.5 Å². The van der Waals surface area contributed by atoms with E-state index in [1.165, 1.54) is 5.56 Å². The molecule has 1 aromatic carbocycles. The second-order valence-corrected chi connectivity index (χ2v) is 5.10. The number of carbonyl (C=O) groups is 1. The third-order valence-electron chi connectivity index (χ3n) is 2.82. The van der Waals surface area contributed by atoms with Gasteiger partial charge >= 0.3 is 0 Å². The predicted octanol–water partition coefficient (Wildman–Crippen LogP) is 3.28. The number of fused-ring (bicyclic) bond motifs is 1. The molecule has 0 radical (unpaired) electrons. The molecular weight excluding hydrogens is 222 g/mol. The lowest BCUT2D eigenvalue weighted by molar-refractivity contribution is -0.119. The lowest BCUT2D eigenvalue weighted by Crippen LogP contribution is -2.29. The van der Waals surface area contributed by atoms with Crippen molar-refractivity contribution in [3.8, 4) is 0 Å². The monoisotopic (exact) mass is 237 g/mol. The van der Waals surface area contributed by atoms with E-state index in [4.69, 9.17) is 11.6 Å². The Labute approximate surface area is 101 Å². The molecule has 0 fully saturated rings. The van der Waals surface area contributed by atoms with Crippen molar-refractivity contribution in [2.24, 2.45) is 5.92 Å². The number of rotatable bonds is 2. The molecule has 0 unspecified atom stereocenters. The van der Waals surface area contributed by atoms with Crippen LogP contribution >= 0.6 is 11.6 Å². The molecule has 0 saturated heterocycles. The SMILES string of the molecule is CC(C)CC(=O)N1CCc2cc(Cl)ccc21. The fourth-order valence-corrected chi connectivity index (χ4v) is 2.28. The van der Waals surface area contributed by atoms with E-state index in [1.54, 1.807) is 0 Å². The van der Waals surface area contributed by atoms with Crippen LogP contribution in [0.2, 0.25) is 5.02 Å². The topological polar surface area (TPSA) is 20.3 Å². The molecule has 2 rings (SSSR count). The van der Waals surface area contributed by atoms with Gasteiger partial charge in [-0.25, -0.2) is 0 Å². The molecule has 0 aliphatic carbocycles. The van der Waals surface area contributed by atoms with Crippen molar-refractivity contribution in [3.05, 3.63) is 28.8 Å². The molecular formula is C13H16ClNO. The average molecular weight is 238 g/mol. The Kier molecular flexibility index (Phi) is 3.20. The highest BCUT2D eigenvalue weighted by atomic mass is 35.5. The van der Waals surface area contributed by atoms with Crippen LogP contribution in [0, 0.1) is 5.92 Å². The Bertz CT molecular complexity index is 414. The molecule has 1 aliphatic heterocycles. The lowest BCUT2D eigenvalue weighted by Gasteiger charge is -2.18. The van der Waals surface area contributed by atoms with Gasteiger partial charge in [0.2, 0.25) is 5.91 Å². The number of amides is 1. The molecule has 3 heteroatoms. The molecule has 1 aliphatic rings. The normalized spacial score (nSPS) is 14.4. The first-order valence-electron chi connectivity index (χ1n) is 5.66. The Morgan fingerprint density at radius 1 is 1.50 bits per heavy atom. The second kappa shape index (κ2) is 4.46. The molecule has 0 saturated carbocycles. The zero-order valence-electron chi connectivity index (χ0n) is 9.66. The van der Waals surface area contributed by atoms with Crippen molar-refractivity contribution in [3.63, 3.8) is 0 Å². The van der Waals surface area contributed by atoms with Crippen LogP contribution < -0.4 is 4.90 Å². The average Bonchev–Trinajstić information content (AvgIpc) is 2.59. The van der Waals surface area contributed by atoms with Crippen LogP contribution in [-0.2, 0) is 11.2 Å². The number of halogens is 1. The molecule has 1 amide bonds. The molecule has 86 valence electrons. The number of carbonyl (C=O) groups excluding carboxylic acids is 1. The van der Waals surface area contributed by atoms with Gasteiger partial charge in [0.05, 0.1) is 0 Å². The van der Waals surface area contributed by atoms with Gasteiger partial charge in [-0.05, 0) is 36.1 Å². The quantitative estimate of drug-likeness (QED) is 0.773. The first-order valence-corrected chi connectivity index (χ1v) is 6.04. The molecule has 0 aromatic heterocycles. The van der Waals surface area contributed by atoms with Crippen LogP contribution in [0.25, 0.3) is 0 Å². The van der Waals surface area contributed by atoms with Gasteiger partial charge in [0.25, 0.3) is 0 Å². The maximum atomic E-state index is 12.0. The molecule has 0 bridgehead atoms. The fourth-order valence-electron chi connectivity index (χ4n) is 2.09. The Balaban J connectivity index is 2.20. The highest BCUT2D eigenvalue weighted by Gasteiger charge is 2.24. The van der Waals surface area contributed by atoms with Gasteiger partial charge in [-0.3, -0.25) is 4.79 Å². The van der Waals surface area contributed by atoms with Gasteiger partial charge < -0.3 is 4.90 Å². The van der Waals surface area contributed by atoms with Gasteiger partial charge in [0.15, 0.2) is 0 Å². The van der Waals surface area contributed by atoms with E-state index in [2.05, 4.69) is 13.8 Å². The highest BCUT2D eigenvalue weighted by Crippen LogP contribution is 2.31. The summed E-state index contributed by atoms with van der Waals surface area (Å²) < 4.78 is 0. The van der Waals surface area contributed by atoms with Crippen molar-refractivity contribution < 1.29 is 4.79 Å². The van der Waals surface area contributed by atoms with Gasteiger partial charge in [-0.1, -0.05) is 25.4 Å². The largest absolute Gasteiger partial charge is 0.312 e. The van der Waals surface area contributed by atoms with Crippen molar-refractivity contribution in [1.82, 2.24) is 0 Å². The van der Waals surface area contributed by atoms with Crippen molar-refractivity contribution >= 4 is 23.2 Å². The van der Waals surface area contributed by atoms with Crippen LogP contribution in [0.5, 0.6) is 0 Å². The minimum atomic E-state index is 0.219. The minimum Gasteiger partial charge on any atom is -0.312 e. The summed E-state index contributed by atoms with van der Waals surface area (Å²) in [5.41, 5.74) is 2.22. The van der Waals surface area contributed by atoms with Crippen molar-refractivity contribution in [1.29, 1.82) is 0 Å². The molecule has 0 N–H and O–H groups in total. The number of anilines is 1. The van der Waals surface area contributed by atoms with E-state index in [1.807, 2.05) is 23.1 Å². The van der Waals surface area contributed by atoms with Gasteiger partial charge in [0, 0.05) is 23.7 Å². The fraction of sp³-hybridized carbons (Fsp3) is 0.462. The summed E-state index contributed by atoms with van der Waals surface area (Å²) in [6.45, 7) is 4.93. The summed E-state index contributed by atoms with van der Waals surface area (Å²) in [6, 6.07) is 5.75. The van der Waals surface area contributed by atoms with E-state index in [9.17, 15) is 4.79 Å². The van der Waals surface area contributed by atoms with Crippen LogP contribution in [0.1, 0.15) is 25.8 Å². The first-order chi connectivity index (χ1) is 7.58. The van der Waals surface area contributed by atoms with Gasteiger partial charge in [0.1, 0.15) is 0 Å². The molecule has 0 atom stereocenters. The summed E-state index contributed by atoms with van der Waals surface area (Å²) >= 11 is 5.93. The summed E-state index contributed by atoms with van der Waals surface area (Å²) in [7, 11) is 0. The third kappa shape index (κ3) is 2.22. The standard InChI is InChI=1S/C13H16ClNO/c1-9(2)7-13(16)15-6-5-10-8-11(14)3-4-12(10)15/h3-4,8-9H,5-7H2,1-2H3. The Hall–Kier alpha value is -1.02. The van der Waals surface area contributed by atoms with E-state index in [-0.39, 0.29) is 5.91 Å². The number of hydrogen-bond donors (Lipinski definition) is 0. The predicted molar refractivity (Wildman–Crippen MR) is 67.0 cm³/mol. The molecule has 0 spiro atoms. The third-order valence-corrected chi connectivity index (χ3v) is 3.06. The second-order valence-electron chi connectivity index (χ2n) is 4.67. The summed E-state index contributed by atoms with van der Waals surface area (Å²) in [6.07, 6.45) is 1.53. The summed E-state index contributed by atoms with van der Waals surface area (Å²) in [5.74, 6) is 0.625. The van der Waals surface area contributed by atoms with Crippen LogP contribution in [0.3, 0.4) is 0 Å². The van der Waals surface area contributed by atoms with Crippen LogP contribution in [0.15, 0.2) is 18.2 Å². The summed E-state index contributed by atoms with van der Waals surface area (Å²) in [4.78, 5) is 13.9. The zero-order valence-corrected chi connectivity index (χ0v) is 10.4. The van der Waals surface area contributed by atoms with E-state index < -0.39 is 0 Å². The molecule has 2 nitrogen and oxygen atoms in total. The van der Waals surface area contributed by atoms with Crippen molar-refractivity contribution in [2.75, 3.05) is 11.4 Å². The minimum absolute atomic E-state index is 0.219. The molecule has 1 aromatic rings. The molecule has 1 heterocycles. The number of hydrogen-bond acceptors (Lipinski definition) is 1. The smallest absolute Gasteiger partial charge is 0.227 e. The maximum Gasteiger partial charge on any atom is 0.227 e. The van der Waals surface area contributed by atoms with E-state index in [0.717, 1.165) is 23.7 Å². The van der Waals surface area contributed by atoms with Gasteiger partial charge in [-0.2, -0.15) is 0 Å². The van der Waals surface area contributed by atoms with E-state index >= 15 is 0 Å². The van der Waals surface area contributed by atoms with Crippen molar-refractivity contribution in [2.45, 2.75) is 26.7 Å². The molecule has 16 heavy (non-hydrogen) atoms. The number of benzene rings is 1.